The molecule has 2 rings (SSSR count). The van der Waals surface area contributed by atoms with Crippen molar-refractivity contribution in [1.82, 2.24) is 10.2 Å². The molecule has 0 radical (unpaired) electrons. The third kappa shape index (κ3) is 2.43. The third-order valence-corrected chi connectivity index (χ3v) is 3.38. The SMILES string of the molecule is Cc1nnc(NC(C)C(C)CO)c2ccccc12. The van der Waals surface area contributed by atoms with Crippen LogP contribution in [0, 0.1) is 12.8 Å². The van der Waals surface area contributed by atoms with Gasteiger partial charge in [0.1, 0.15) is 0 Å². The molecule has 2 aromatic rings. The van der Waals surface area contributed by atoms with Crippen molar-refractivity contribution < 1.29 is 5.11 Å². The molecule has 0 amide bonds. The minimum Gasteiger partial charge on any atom is -0.396 e. The second kappa shape index (κ2) is 5.31. The molecule has 1 aromatic carbocycles. The molecule has 0 bridgehead atoms. The maximum Gasteiger partial charge on any atom is 0.156 e. The molecule has 2 N–H and O–H groups in total. The van der Waals surface area contributed by atoms with Crippen LogP contribution < -0.4 is 5.32 Å². The van der Waals surface area contributed by atoms with E-state index in [1.165, 1.54) is 0 Å². The van der Waals surface area contributed by atoms with Crippen molar-refractivity contribution in [2.24, 2.45) is 5.92 Å². The van der Waals surface area contributed by atoms with Gasteiger partial charge in [0.05, 0.1) is 5.69 Å². The van der Waals surface area contributed by atoms with Gasteiger partial charge in [0.15, 0.2) is 5.82 Å². The minimum atomic E-state index is 0.149. The van der Waals surface area contributed by atoms with Gasteiger partial charge in [0, 0.05) is 23.4 Å². The molecule has 4 nitrogen and oxygen atoms in total. The molecule has 2 atom stereocenters. The summed E-state index contributed by atoms with van der Waals surface area (Å²) in [6.07, 6.45) is 0. The summed E-state index contributed by atoms with van der Waals surface area (Å²) >= 11 is 0. The number of hydrogen-bond donors (Lipinski definition) is 2. The Morgan fingerprint density at radius 1 is 1.17 bits per heavy atom. The second-order valence-electron chi connectivity index (χ2n) is 4.77. The maximum atomic E-state index is 9.16. The summed E-state index contributed by atoms with van der Waals surface area (Å²) in [5.74, 6) is 0.955. The van der Waals surface area contributed by atoms with Gasteiger partial charge in [-0.25, -0.2) is 0 Å². The summed E-state index contributed by atoms with van der Waals surface area (Å²) in [5, 5.41) is 23.1. The van der Waals surface area contributed by atoms with Crippen molar-refractivity contribution in [3.8, 4) is 0 Å². The van der Waals surface area contributed by atoms with E-state index in [0.29, 0.717) is 0 Å². The van der Waals surface area contributed by atoms with E-state index < -0.39 is 0 Å². The summed E-state index contributed by atoms with van der Waals surface area (Å²) in [5.41, 5.74) is 0.930. The standard InChI is InChI=1S/C14H19N3O/c1-9(8-18)10(2)15-14-13-7-5-4-6-12(13)11(3)16-17-14/h4-7,9-10,18H,8H2,1-3H3,(H,15,17). The highest BCUT2D eigenvalue weighted by Crippen LogP contribution is 2.23. The largest absolute Gasteiger partial charge is 0.396 e. The second-order valence-corrected chi connectivity index (χ2v) is 4.77. The molecule has 1 aromatic heterocycles. The lowest BCUT2D eigenvalue weighted by Crippen LogP contribution is -2.27. The molecule has 2 unspecified atom stereocenters. The molecule has 0 saturated carbocycles. The highest BCUT2D eigenvalue weighted by Gasteiger charge is 2.13. The molecule has 0 aliphatic heterocycles. The van der Waals surface area contributed by atoms with E-state index in [1.807, 2.05) is 45.0 Å². The van der Waals surface area contributed by atoms with E-state index in [1.54, 1.807) is 0 Å². The predicted molar refractivity (Wildman–Crippen MR) is 73.6 cm³/mol. The van der Waals surface area contributed by atoms with Crippen LogP contribution in [0.25, 0.3) is 10.8 Å². The number of fused-ring (bicyclic) bond motifs is 1. The maximum absolute atomic E-state index is 9.16. The van der Waals surface area contributed by atoms with Crippen molar-refractivity contribution in [3.05, 3.63) is 30.0 Å². The first-order valence-corrected chi connectivity index (χ1v) is 6.23. The molecular weight excluding hydrogens is 226 g/mol. The summed E-state index contributed by atoms with van der Waals surface area (Å²) < 4.78 is 0. The average Bonchev–Trinajstić information content (AvgIpc) is 2.41. The van der Waals surface area contributed by atoms with E-state index >= 15 is 0 Å². The lowest BCUT2D eigenvalue weighted by atomic mass is 10.0. The molecule has 0 aliphatic rings. The molecule has 0 saturated heterocycles. The molecule has 0 fully saturated rings. The minimum absolute atomic E-state index is 0.149. The fourth-order valence-corrected chi connectivity index (χ4v) is 1.86. The van der Waals surface area contributed by atoms with Crippen LogP contribution in [0.5, 0.6) is 0 Å². The highest BCUT2D eigenvalue weighted by atomic mass is 16.3. The smallest absolute Gasteiger partial charge is 0.156 e. The van der Waals surface area contributed by atoms with E-state index in [0.717, 1.165) is 22.3 Å². The summed E-state index contributed by atoms with van der Waals surface area (Å²) in [6.45, 7) is 6.16. The zero-order valence-electron chi connectivity index (χ0n) is 11.0. The summed E-state index contributed by atoms with van der Waals surface area (Å²) in [4.78, 5) is 0. The first-order valence-electron chi connectivity index (χ1n) is 6.23. The van der Waals surface area contributed by atoms with Crippen LogP contribution >= 0.6 is 0 Å². The van der Waals surface area contributed by atoms with Crippen LogP contribution in [-0.2, 0) is 0 Å². The number of aliphatic hydroxyl groups is 1. The van der Waals surface area contributed by atoms with E-state index in [4.69, 9.17) is 5.11 Å². The molecule has 0 aliphatic carbocycles. The molecule has 1 heterocycles. The van der Waals surface area contributed by atoms with Gasteiger partial charge < -0.3 is 10.4 Å². The van der Waals surface area contributed by atoms with Crippen LogP contribution in [0.2, 0.25) is 0 Å². The highest BCUT2D eigenvalue weighted by molar-refractivity contribution is 5.92. The Balaban J connectivity index is 2.37. The normalized spacial score (nSPS) is 14.4. The number of benzene rings is 1. The van der Waals surface area contributed by atoms with Crippen molar-refractivity contribution in [1.29, 1.82) is 0 Å². The number of anilines is 1. The van der Waals surface area contributed by atoms with Crippen molar-refractivity contribution >= 4 is 16.6 Å². The Morgan fingerprint density at radius 3 is 2.50 bits per heavy atom. The lowest BCUT2D eigenvalue weighted by molar-refractivity contribution is 0.226. The van der Waals surface area contributed by atoms with Gasteiger partial charge in [-0.15, -0.1) is 5.10 Å². The van der Waals surface area contributed by atoms with E-state index in [2.05, 4.69) is 15.5 Å². The number of rotatable bonds is 4. The van der Waals surface area contributed by atoms with Gasteiger partial charge in [-0.1, -0.05) is 31.2 Å². The van der Waals surface area contributed by atoms with E-state index in [-0.39, 0.29) is 18.6 Å². The Labute approximate surface area is 107 Å². The molecule has 4 heteroatoms. The van der Waals surface area contributed by atoms with E-state index in [9.17, 15) is 0 Å². The van der Waals surface area contributed by atoms with Crippen molar-refractivity contribution in [2.75, 3.05) is 11.9 Å². The molecule has 0 spiro atoms. The number of aliphatic hydroxyl groups excluding tert-OH is 1. The van der Waals surface area contributed by atoms with Crippen molar-refractivity contribution in [2.45, 2.75) is 26.8 Å². The van der Waals surface area contributed by atoms with Crippen molar-refractivity contribution in [3.63, 3.8) is 0 Å². The first-order chi connectivity index (χ1) is 8.63. The van der Waals surface area contributed by atoms with Crippen LogP contribution in [0.15, 0.2) is 24.3 Å². The number of aryl methyl sites for hydroxylation is 1. The Morgan fingerprint density at radius 2 is 1.83 bits per heavy atom. The van der Waals surface area contributed by atoms with Gasteiger partial charge in [-0.2, -0.15) is 5.10 Å². The Kier molecular flexibility index (Phi) is 3.77. The first kappa shape index (κ1) is 12.8. The average molecular weight is 245 g/mol. The summed E-state index contributed by atoms with van der Waals surface area (Å²) in [7, 11) is 0. The van der Waals surface area contributed by atoms with Gasteiger partial charge in [-0.3, -0.25) is 0 Å². The van der Waals surface area contributed by atoms with Gasteiger partial charge in [-0.05, 0) is 19.8 Å². The van der Waals surface area contributed by atoms with Crippen LogP contribution in [0.3, 0.4) is 0 Å². The van der Waals surface area contributed by atoms with Crippen LogP contribution in [0.4, 0.5) is 5.82 Å². The Hall–Kier alpha value is -1.68. The third-order valence-electron chi connectivity index (χ3n) is 3.38. The van der Waals surface area contributed by atoms with Crippen LogP contribution in [-0.4, -0.2) is 28.0 Å². The van der Waals surface area contributed by atoms with Gasteiger partial charge in [0.2, 0.25) is 0 Å². The van der Waals surface area contributed by atoms with Gasteiger partial charge in [0.25, 0.3) is 0 Å². The monoisotopic (exact) mass is 245 g/mol. The fraction of sp³-hybridized carbons (Fsp3) is 0.429. The number of nitrogens with zero attached hydrogens (tertiary/aromatic N) is 2. The zero-order chi connectivity index (χ0) is 13.1. The predicted octanol–water partition coefficient (Wildman–Crippen LogP) is 2.37. The quantitative estimate of drug-likeness (QED) is 0.868. The Bertz CT molecular complexity index is 542. The number of hydrogen-bond acceptors (Lipinski definition) is 4. The number of nitrogens with one attached hydrogen (secondary N) is 1. The number of aromatic nitrogens is 2. The zero-order valence-corrected chi connectivity index (χ0v) is 11.0. The lowest BCUT2D eigenvalue weighted by Gasteiger charge is -2.20. The molecule has 96 valence electrons. The summed E-state index contributed by atoms with van der Waals surface area (Å²) in [6, 6.07) is 8.23. The van der Waals surface area contributed by atoms with Gasteiger partial charge >= 0.3 is 0 Å². The topological polar surface area (TPSA) is 58.0 Å². The van der Waals surface area contributed by atoms with Crippen LogP contribution in [0.1, 0.15) is 19.5 Å². The molecule has 18 heavy (non-hydrogen) atoms. The molecular formula is C14H19N3O. The fourth-order valence-electron chi connectivity index (χ4n) is 1.86.